The zero-order valence-electron chi connectivity index (χ0n) is 10.4. The Kier molecular flexibility index (Phi) is 8.71. The van der Waals surface area contributed by atoms with Gasteiger partial charge >= 0.3 is 0 Å². The molecule has 0 unspecified atom stereocenters. The van der Waals surface area contributed by atoms with E-state index in [4.69, 9.17) is 0 Å². The number of rotatable bonds is 3. The van der Waals surface area contributed by atoms with Gasteiger partial charge in [0.2, 0.25) is 0 Å². The van der Waals surface area contributed by atoms with E-state index in [9.17, 15) is 9.59 Å². The predicted molar refractivity (Wildman–Crippen MR) is 60.3 cm³/mol. The summed E-state index contributed by atoms with van der Waals surface area (Å²) in [6.07, 6.45) is 2.34. The van der Waals surface area contributed by atoms with Gasteiger partial charge in [-0.1, -0.05) is 34.6 Å². The van der Waals surface area contributed by atoms with Gasteiger partial charge in [0.25, 0.3) is 0 Å². The third-order valence-corrected chi connectivity index (χ3v) is 1.39. The summed E-state index contributed by atoms with van der Waals surface area (Å²) in [6.45, 7) is 11.8. The summed E-state index contributed by atoms with van der Waals surface area (Å²) in [7, 11) is 0. The van der Waals surface area contributed by atoms with Crippen molar-refractivity contribution in [3.05, 3.63) is 0 Å². The lowest BCUT2D eigenvalue weighted by Gasteiger charge is -2.11. The van der Waals surface area contributed by atoms with Gasteiger partial charge in [-0.15, -0.1) is 0 Å². The van der Waals surface area contributed by atoms with E-state index in [1.54, 1.807) is 6.92 Å². The maximum absolute atomic E-state index is 10.3. The quantitative estimate of drug-likeness (QED) is 0.655. The van der Waals surface area contributed by atoms with Gasteiger partial charge in [-0.3, -0.25) is 0 Å². The van der Waals surface area contributed by atoms with E-state index in [2.05, 4.69) is 0 Å². The molecule has 2 heteroatoms. The molecule has 0 aliphatic carbocycles. The second-order valence-corrected chi connectivity index (χ2v) is 5.23. The SMILES string of the molecule is CC(=O)CC(C)C.CC(C)(C)CC=O. The maximum Gasteiger partial charge on any atom is 0.130 e. The van der Waals surface area contributed by atoms with Crippen molar-refractivity contribution >= 4 is 12.1 Å². The molecule has 0 fully saturated rings. The van der Waals surface area contributed by atoms with Crippen molar-refractivity contribution in [1.29, 1.82) is 0 Å². The molecule has 0 radical (unpaired) electrons. The van der Waals surface area contributed by atoms with Crippen LogP contribution >= 0.6 is 0 Å². The fraction of sp³-hybridized carbons (Fsp3) is 0.833. The fourth-order valence-corrected chi connectivity index (χ4v) is 0.825. The number of carbonyl (C=O) groups is 2. The zero-order valence-corrected chi connectivity index (χ0v) is 10.4. The number of carbonyl (C=O) groups excluding carboxylic acids is 2. The lowest BCUT2D eigenvalue weighted by Crippen LogP contribution is -2.04. The van der Waals surface area contributed by atoms with Crippen molar-refractivity contribution in [1.82, 2.24) is 0 Å². The standard InChI is InChI=1S/2C6H12O/c1-6(2,3)4-5-7;1-5(2)4-6(3)7/h2*5H,4H2,1-3H3. The molecule has 0 saturated heterocycles. The van der Waals surface area contributed by atoms with E-state index in [0.29, 0.717) is 12.3 Å². The maximum atomic E-state index is 10.3. The lowest BCUT2D eigenvalue weighted by atomic mass is 9.93. The Morgan fingerprint density at radius 1 is 1.29 bits per heavy atom. The Balaban J connectivity index is 0. The molecule has 0 aromatic heterocycles. The van der Waals surface area contributed by atoms with Gasteiger partial charge in [-0.05, 0) is 18.3 Å². The van der Waals surface area contributed by atoms with Crippen molar-refractivity contribution in [2.45, 2.75) is 54.4 Å². The molecule has 0 N–H and O–H groups in total. The zero-order chi connectivity index (χ0) is 11.8. The van der Waals surface area contributed by atoms with Crippen LogP contribution in [0.4, 0.5) is 0 Å². The summed E-state index contributed by atoms with van der Waals surface area (Å²) < 4.78 is 0. The van der Waals surface area contributed by atoms with Crippen molar-refractivity contribution in [3.63, 3.8) is 0 Å². The summed E-state index contributed by atoms with van der Waals surface area (Å²) >= 11 is 0. The molecule has 0 aromatic rings. The van der Waals surface area contributed by atoms with Crippen molar-refractivity contribution < 1.29 is 9.59 Å². The summed E-state index contributed by atoms with van der Waals surface area (Å²) in [4.78, 5) is 20.1. The Morgan fingerprint density at radius 3 is 1.71 bits per heavy atom. The summed E-state index contributed by atoms with van der Waals surface area (Å²) in [5, 5.41) is 0. The number of hydrogen-bond donors (Lipinski definition) is 0. The van der Waals surface area contributed by atoms with Gasteiger partial charge in [0, 0.05) is 12.8 Å². The number of ketones is 1. The van der Waals surface area contributed by atoms with Crippen molar-refractivity contribution in [2.75, 3.05) is 0 Å². The average Bonchev–Trinajstić information content (AvgIpc) is 1.80. The topological polar surface area (TPSA) is 34.1 Å². The molecule has 0 amide bonds. The van der Waals surface area contributed by atoms with Gasteiger partial charge in [-0.25, -0.2) is 0 Å². The molecule has 0 bridgehead atoms. The van der Waals surface area contributed by atoms with Crippen LogP contribution in [0.15, 0.2) is 0 Å². The second-order valence-electron chi connectivity index (χ2n) is 5.23. The molecule has 0 atom stereocenters. The minimum absolute atomic E-state index is 0.182. The highest BCUT2D eigenvalue weighted by atomic mass is 16.1. The van der Waals surface area contributed by atoms with Crippen LogP contribution in [0.3, 0.4) is 0 Å². The Morgan fingerprint density at radius 2 is 1.71 bits per heavy atom. The van der Waals surface area contributed by atoms with E-state index in [-0.39, 0.29) is 11.2 Å². The molecule has 0 aromatic carbocycles. The van der Waals surface area contributed by atoms with Crippen molar-refractivity contribution in [2.24, 2.45) is 11.3 Å². The number of aldehydes is 1. The highest BCUT2D eigenvalue weighted by Gasteiger charge is 2.06. The van der Waals surface area contributed by atoms with E-state index < -0.39 is 0 Å². The molecule has 0 aliphatic heterocycles. The third-order valence-electron chi connectivity index (χ3n) is 1.39. The molecule has 0 saturated carbocycles. The van der Waals surface area contributed by atoms with E-state index in [1.807, 2.05) is 34.6 Å². The van der Waals surface area contributed by atoms with Crippen LogP contribution in [0, 0.1) is 11.3 Å². The first-order valence-electron chi connectivity index (χ1n) is 5.12. The lowest BCUT2D eigenvalue weighted by molar-refractivity contribution is -0.117. The average molecular weight is 200 g/mol. The van der Waals surface area contributed by atoms with E-state index in [1.165, 1.54) is 0 Å². The minimum atomic E-state index is 0.182. The van der Waals surface area contributed by atoms with E-state index in [0.717, 1.165) is 12.7 Å². The summed E-state index contributed by atoms with van der Waals surface area (Å²) in [5.74, 6) is 0.813. The number of hydrogen-bond acceptors (Lipinski definition) is 2. The highest BCUT2D eigenvalue weighted by Crippen LogP contribution is 2.15. The van der Waals surface area contributed by atoms with Gasteiger partial charge in [0.15, 0.2) is 0 Å². The van der Waals surface area contributed by atoms with Crippen LogP contribution in [0.5, 0.6) is 0 Å². The predicted octanol–water partition coefficient (Wildman–Crippen LogP) is 3.24. The van der Waals surface area contributed by atoms with Crippen LogP contribution in [0.25, 0.3) is 0 Å². The Bertz CT molecular complexity index is 164. The summed E-state index contributed by atoms with van der Waals surface area (Å²) in [5.41, 5.74) is 0.182. The van der Waals surface area contributed by atoms with Gasteiger partial charge < -0.3 is 9.59 Å². The second kappa shape index (κ2) is 7.72. The third kappa shape index (κ3) is 22.5. The highest BCUT2D eigenvalue weighted by molar-refractivity contribution is 5.75. The molecule has 0 rings (SSSR count). The molecule has 0 aliphatic rings. The Labute approximate surface area is 88.1 Å². The van der Waals surface area contributed by atoms with Crippen LogP contribution in [0.2, 0.25) is 0 Å². The Hall–Kier alpha value is -0.660. The van der Waals surface area contributed by atoms with Crippen LogP contribution < -0.4 is 0 Å². The van der Waals surface area contributed by atoms with Crippen LogP contribution in [-0.2, 0) is 9.59 Å². The smallest absolute Gasteiger partial charge is 0.130 e. The van der Waals surface area contributed by atoms with Crippen LogP contribution in [0.1, 0.15) is 54.4 Å². The molecule has 2 nitrogen and oxygen atoms in total. The molecular weight excluding hydrogens is 176 g/mol. The van der Waals surface area contributed by atoms with E-state index >= 15 is 0 Å². The van der Waals surface area contributed by atoms with Gasteiger partial charge in [0.05, 0.1) is 0 Å². The van der Waals surface area contributed by atoms with Gasteiger partial charge in [-0.2, -0.15) is 0 Å². The molecular formula is C12H24O2. The number of Topliss-reactive ketones (excluding diaryl/α,β-unsaturated/α-hetero) is 1. The largest absolute Gasteiger partial charge is 0.303 e. The van der Waals surface area contributed by atoms with Crippen LogP contribution in [-0.4, -0.2) is 12.1 Å². The first-order chi connectivity index (χ1) is 6.19. The fourth-order valence-electron chi connectivity index (χ4n) is 0.825. The molecule has 0 spiro atoms. The first kappa shape index (κ1) is 15.8. The van der Waals surface area contributed by atoms with Gasteiger partial charge in [0.1, 0.15) is 12.1 Å². The minimum Gasteiger partial charge on any atom is -0.303 e. The molecule has 84 valence electrons. The molecule has 14 heavy (non-hydrogen) atoms. The summed E-state index contributed by atoms with van der Waals surface area (Å²) in [6, 6.07) is 0. The monoisotopic (exact) mass is 200 g/mol. The molecule has 0 heterocycles. The first-order valence-corrected chi connectivity index (χ1v) is 5.12. The van der Waals surface area contributed by atoms with Crippen molar-refractivity contribution in [3.8, 4) is 0 Å². The normalized spacial score (nSPS) is 10.5.